The molecular weight excluding hydrogens is 250 g/mol. The Morgan fingerprint density at radius 3 is 3.06 bits per heavy atom. The minimum Gasteiger partial charge on any atom is -0.312 e. The maximum Gasteiger partial charge on any atom is 0.274 e. The molecule has 84 valence electrons. The van der Waals surface area contributed by atoms with Crippen molar-refractivity contribution in [2.75, 3.05) is 6.54 Å². The highest BCUT2D eigenvalue weighted by atomic mass is 35.5. The number of nitrogens with one attached hydrogen (secondary N) is 1. The maximum atomic E-state index is 11.7. The summed E-state index contributed by atoms with van der Waals surface area (Å²) in [6.07, 6.45) is 0. The van der Waals surface area contributed by atoms with Crippen molar-refractivity contribution in [1.82, 2.24) is 14.3 Å². The number of hydrogen-bond acceptors (Lipinski definition) is 3. The molecule has 0 bridgehead atoms. The van der Waals surface area contributed by atoms with Crippen molar-refractivity contribution >= 4 is 32.7 Å². The molecule has 1 aromatic heterocycles. The highest BCUT2D eigenvalue weighted by Gasteiger charge is 2.26. The Morgan fingerprint density at radius 1 is 1.44 bits per heavy atom. The van der Waals surface area contributed by atoms with E-state index in [1.165, 1.54) is 0 Å². The van der Waals surface area contributed by atoms with Crippen molar-refractivity contribution < 1.29 is 8.42 Å². The van der Waals surface area contributed by atoms with Crippen molar-refractivity contribution in [1.29, 1.82) is 0 Å². The molecule has 1 N–H and O–H groups in total. The van der Waals surface area contributed by atoms with E-state index in [0.29, 0.717) is 23.6 Å². The number of rotatable bonds is 0. The number of imidazole rings is 1. The molecule has 0 aliphatic carbocycles. The molecule has 0 amide bonds. The lowest BCUT2D eigenvalue weighted by Crippen LogP contribution is -2.35. The number of halogens is 1. The molecule has 0 spiro atoms. The second-order valence-electron chi connectivity index (χ2n) is 3.58. The van der Waals surface area contributed by atoms with E-state index in [0.717, 1.165) is 5.52 Å². The van der Waals surface area contributed by atoms with Gasteiger partial charge in [-0.1, -0.05) is 11.6 Å². The predicted molar refractivity (Wildman–Crippen MR) is 59.9 cm³/mol. The summed E-state index contributed by atoms with van der Waals surface area (Å²) < 4.78 is 27.5. The summed E-state index contributed by atoms with van der Waals surface area (Å²) in [6.45, 7) is 0.982. The minimum absolute atomic E-state index is 0.0658. The number of benzene rings is 1. The molecule has 1 aliphatic heterocycles. The molecule has 7 heteroatoms. The van der Waals surface area contributed by atoms with Gasteiger partial charge in [0.05, 0.1) is 11.0 Å². The standard InChI is InChI=1S/C9H8ClN3O2S/c10-6-1-2-8-7(5-6)12-9-13(8)4-3-11-16(9,14)15/h1-2,5,11H,3-4H2. The smallest absolute Gasteiger partial charge is 0.274 e. The first-order chi connectivity index (χ1) is 7.58. The zero-order valence-electron chi connectivity index (χ0n) is 8.14. The molecule has 0 fully saturated rings. The number of aromatic nitrogens is 2. The number of fused-ring (bicyclic) bond motifs is 3. The van der Waals surface area contributed by atoms with E-state index in [1.807, 2.05) is 0 Å². The fourth-order valence-electron chi connectivity index (χ4n) is 1.86. The van der Waals surface area contributed by atoms with Gasteiger partial charge in [0.15, 0.2) is 0 Å². The molecule has 1 aromatic carbocycles. The van der Waals surface area contributed by atoms with E-state index in [1.54, 1.807) is 22.8 Å². The van der Waals surface area contributed by atoms with E-state index < -0.39 is 10.0 Å². The lowest BCUT2D eigenvalue weighted by molar-refractivity contribution is 0.521. The highest BCUT2D eigenvalue weighted by Crippen LogP contribution is 2.24. The summed E-state index contributed by atoms with van der Waals surface area (Å²) in [7, 11) is -3.46. The van der Waals surface area contributed by atoms with Crippen LogP contribution in [-0.2, 0) is 16.6 Å². The van der Waals surface area contributed by atoms with Crippen molar-refractivity contribution in [2.24, 2.45) is 0 Å². The summed E-state index contributed by atoms with van der Waals surface area (Å²) in [5.74, 6) is 0. The monoisotopic (exact) mass is 257 g/mol. The SMILES string of the molecule is O=S1(=O)NCCn2c1nc1cc(Cl)ccc12. The zero-order chi connectivity index (χ0) is 11.3. The van der Waals surface area contributed by atoms with Crippen molar-refractivity contribution in [3.05, 3.63) is 23.2 Å². The van der Waals surface area contributed by atoms with Gasteiger partial charge in [0, 0.05) is 18.1 Å². The first-order valence-electron chi connectivity index (χ1n) is 4.73. The third-order valence-electron chi connectivity index (χ3n) is 2.54. The third kappa shape index (κ3) is 1.34. The number of nitrogens with zero attached hydrogens (tertiary/aromatic N) is 2. The Hall–Kier alpha value is -1.11. The summed E-state index contributed by atoms with van der Waals surface area (Å²) in [4.78, 5) is 4.09. The number of hydrogen-bond donors (Lipinski definition) is 1. The zero-order valence-corrected chi connectivity index (χ0v) is 9.72. The Kier molecular flexibility index (Phi) is 2.01. The highest BCUT2D eigenvalue weighted by molar-refractivity contribution is 7.89. The van der Waals surface area contributed by atoms with Gasteiger partial charge in [-0.3, -0.25) is 0 Å². The van der Waals surface area contributed by atoms with Gasteiger partial charge >= 0.3 is 0 Å². The molecule has 1 aliphatic rings. The summed E-state index contributed by atoms with van der Waals surface area (Å²) in [6, 6.07) is 5.18. The van der Waals surface area contributed by atoms with Crippen LogP contribution in [0, 0.1) is 0 Å². The summed E-state index contributed by atoms with van der Waals surface area (Å²) in [5.41, 5.74) is 1.40. The van der Waals surface area contributed by atoms with Gasteiger partial charge in [-0.2, -0.15) is 0 Å². The third-order valence-corrected chi connectivity index (χ3v) is 4.15. The first kappa shape index (κ1) is 10.1. The van der Waals surface area contributed by atoms with Crippen molar-refractivity contribution in [3.8, 4) is 0 Å². The normalized spacial score (nSPS) is 18.6. The van der Waals surface area contributed by atoms with Gasteiger partial charge in [-0.25, -0.2) is 18.1 Å². The average Bonchev–Trinajstić information content (AvgIpc) is 2.57. The van der Waals surface area contributed by atoms with Gasteiger partial charge in [0.1, 0.15) is 0 Å². The van der Waals surface area contributed by atoms with E-state index in [-0.39, 0.29) is 5.16 Å². The van der Waals surface area contributed by atoms with Crippen LogP contribution in [0.2, 0.25) is 5.02 Å². The van der Waals surface area contributed by atoms with Crippen LogP contribution >= 0.6 is 11.6 Å². The summed E-state index contributed by atoms with van der Waals surface area (Å²) in [5, 5.41) is 0.615. The Morgan fingerprint density at radius 2 is 2.25 bits per heavy atom. The lowest BCUT2D eigenvalue weighted by Gasteiger charge is -2.15. The van der Waals surface area contributed by atoms with Crippen LogP contribution in [-0.4, -0.2) is 24.5 Å². The second kappa shape index (κ2) is 3.19. The molecule has 0 radical (unpaired) electrons. The average molecular weight is 258 g/mol. The van der Waals surface area contributed by atoms with Crippen LogP contribution in [0.4, 0.5) is 0 Å². The summed E-state index contributed by atoms with van der Waals surface area (Å²) >= 11 is 5.84. The second-order valence-corrected chi connectivity index (χ2v) is 5.67. The van der Waals surface area contributed by atoms with Crippen LogP contribution in [0.25, 0.3) is 11.0 Å². The molecule has 2 aromatic rings. The topological polar surface area (TPSA) is 64.0 Å². The Bertz CT molecular complexity index is 677. The van der Waals surface area contributed by atoms with Gasteiger partial charge in [-0.05, 0) is 18.2 Å². The fourth-order valence-corrected chi connectivity index (χ4v) is 3.21. The molecule has 2 heterocycles. The molecule has 5 nitrogen and oxygen atoms in total. The predicted octanol–water partition coefficient (Wildman–Crippen LogP) is 0.982. The molecule has 0 saturated carbocycles. The van der Waals surface area contributed by atoms with Crippen LogP contribution in [0.15, 0.2) is 23.4 Å². The van der Waals surface area contributed by atoms with E-state index in [9.17, 15) is 8.42 Å². The Balaban J connectivity index is 2.41. The van der Waals surface area contributed by atoms with E-state index >= 15 is 0 Å². The van der Waals surface area contributed by atoms with Crippen LogP contribution in [0.5, 0.6) is 0 Å². The molecule has 16 heavy (non-hydrogen) atoms. The maximum absolute atomic E-state index is 11.7. The largest absolute Gasteiger partial charge is 0.312 e. The first-order valence-corrected chi connectivity index (χ1v) is 6.59. The molecule has 0 saturated heterocycles. The van der Waals surface area contributed by atoms with Crippen molar-refractivity contribution in [2.45, 2.75) is 11.7 Å². The molecule has 0 unspecified atom stereocenters. The Labute approximate surface area is 97.1 Å². The van der Waals surface area contributed by atoms with Gasteiger partial charge in [0.25, 0.3) is 10.0 Å². The molecule has 0 atom stereocenters. The van der Waals surface area contributed by atoms with Gasteiger partial charge in [0.2, 0.25) is 5.16 Å². The van der Waals surface area contributed by atoms with E-state index in [4.69, 9.17) is 11.6 Å². The van der Waals surface area contributed by atoms with Gasteiger partial charge < -0.3 is 4.57 Å². The van der Waals surface area contributed by atoms with Crippen LogP contribution in [0.1, 0.15) is 0 Å². The van der Waals surface area contributed by atoms with Crippen molar-refractivity contribution in [3.63, 3.8) is 0 Å². The number of sulfonamides is 1. The fraction of sp³-hybridized carbons (Fsp3) is 0.222. The quantitative estimate of drug-likeness (QED) is 0.765. The minimum atomic E-state index is -3.46. The van der Waals surface area contributed by atoms with Crippen LogP contribution in [0.3, 0.4) is 0 Å². The van der Waals surface area contributed by atoms with E-state index in [2.05, 4.69) is 9.71 Å². The molecule has 3 rings (SSSR count). The van der Waals surface area contributed by atoms with Crippen LogP contribution < -0.4 is 4.72 Å². The molecular formula is C9H8ClN3O2S. The lowest BCUT2D eigenvalue weighted by atomic mass is 10.3. The van der Waals surface area contributed by atoms with Gasteiger partial charge in [-0.15, -0.1) is 0 Å².